The predicted octanol–water partition coefficient (Wildman–Crippen LogP) is 6.85. The highest BCUT2D eigenvalue weighted by Gasteiger charge is 2.15. The Balaban J connectivity index is 1.78. The third-order valence-corrected chi connectivity index (χ3v) is 6.51. The molecule has 0 unspecified atom stereocenters. The van der Waals surface area contributed by atoms with E-state index >= 15 is 0 Å². The molecule has 0 saturated heterocycles. The van der Waals surface area contributed by atoms with Crippen molar-refractivity contribution in [2.24, 2.45) is 0 Å². The van der Waals surface area contributed by atoms with Crippen LogP contribution in [-0.2, 0) is 18.6 Å². The third-order valence-electron chi connectivity index (χ3n) is 5.36. The largest absolute Gasteiger partial charge is 0.513 e. The third kappa shape index (κ3) is 8.05. The fourth-order valence-corrected chi connectivity index (χ4v) is 4.27. The molecule has 7 heteroatoms. The molecule has 3 aromatic rings. The molecule has 3 rings (SSSR count). The van der Waals surface area contributed by atoms with Crippen LogP contribution in [0.25, 0.3) is 0 Å². The van der Waals surface area contributed by atoms with E-state index in [2.05, 4.69) is 25.7 Å². The molecule has 36 heavy (non-hydrogen) atoms. The van der Waals surface area contributed by atoms with Crippen molar-refractivity contribution in [3.8, 4) is 17.2 Å². The number of hydrogen-bond acceptors (Lipinski definition) is 5. The molecule has 0 aromatic heterocycles. The van der Waals surface area contributed by atoms with Crippen LogP contribution in [0, 0.1) is 5.82 Å². The number of nitrogens with one attached hydrogen (secondary N) is 1. The van der Waals surface area contributed by atoms with Gasteiger partial charge >= 0.3 is 0 Å². The minimum Gasteiger partial charge on any atom is -0.513 e. The van der Waals surface area contributed by atoms with Gasteiger partial charge in [0.25, 0.3) is 5.91 Å². The maximum atomic E-state index is 13.1. The summed E-state index contributed by atoms with van der Waals surface area (Å²) >= 11 is 1.75. The number of hydrogen-bond donors (Lipinski definition) is 2. The second-order valence-electron chi connectivity index (χ2n) is 8.64. The molecule has 0 aliphatic rings. The summed E-state index contributed by atoms with van der Waals surface area (Å²) in [6.07, 6.45) is 0.924. The lowest BCUT2D eigenvalue weighted by molar-refractivity contribution is 0.0954. The lowest BCUT2D eigenvalue weighted by Gasteiger charge is -2.16. The first-order chi connectivity index (χ1) is 17.2. The van der Waals surface area contributed by atoms with Gasteiger partial charge in [0, 0.05) is 29.8 Å². The number of thioether (sulfide) groups is 1. The Labute approximate surface area is 216 Å². The highest BCUT2D eigenvalue weighted by atomic mass is 32.2. The van der Waals surface area contributed by atoms with Gasteiger partial charge in [-0.2, -0.15) is 11.8 Å². The van der Waals surface area contributed by atoms with E-state index in [0.29, 0.717) is 53.2 Å². The van der Waals surface area contributed by atoms with E-state index in [9.17, 15) is 14.3 Å². The molecule has 0 spiro atoms. The van der Waals surface area contributed by atoms with Gasteiger partial charge in [-0.25, -0.2) is 4.39 Å². The number of halogens is 1. The van der Waals surface area contributed by atoms with Crippen LogP contribution in [0.4, 0.5) is 4.39 Å². The van der Waals surface area contributed by atoms with Gasteiger partial charge in [-0.3, -0.25) is 4.79 Å². The van der Waals surface area contributed by atoms with Crippen LogP contribution < -0.4 is 14.8 Å². The molecule has 0 saturated carbocycles. The lowest BCUT2D eigenvalue weighted by Crippen LogP contribution is -2.25. The average molecular weight is 510 g/mol. The van der Waals surface area contributed by atoms with Gasteiger partial charge in [-0.05, 0) is 65.3 Å². The summed E-state index contributed by atoms with van der Waals surface area (Å²) in [7, 11) is 1.57. The molecule has 0 atom stereocenters. The van der Waals surface area contributed by atoms with E-state index in [1.165, 1.54) is 12.1 Å². The van der Waals surface area contributed by atoms with Crippen molar-refractivity contribution >= 4 is 17.7 Å². The van der Waals surface area contributed by atoms with Crippen molar-refractivity contribution in [1.29, 1.82) is 0 Å². The van der Waals surface area contributed by atoms with Crippen molar-refractivity contribution in [3.63, 3.8) is 0 Å². The first-order valence-electron chi connectivity index (χ1n) is 11.7. The van der Waals surface area contributed by atoms with Crippen LogP contribution in [0.1, 0.15) is 40.9 Å². The summed E-state index contributed by atoms with van der Waals surface area (Å²) in [5.41, 5.74) is 3.22. The fourth-order valence-electron chi connectivity index (χ4n) is 3.53. The topological polar surface area (TPSA) is 67.8 Å². The van der Waals surface area contributed by atoms with E-state index in [1.54, 1.807) is 49.2 Å². The van der Waals surface area contributed by atoms with E-state index in [-0.39, 0.29) is 17.5 Å². The summed E-state index contributed by atoms with van der Waals surface area (Å²) in [4.78, 5) is 12.8. The molecule has 0 aliphatic carbocycles. The number of ether oxygens (including phenoxy) is 2. The smallest absolute Gasteiger partial charge is 0.251 e. The Kier molecular flexibility index (Phi) is 9.82. The number of benzene rings is 3. The zero-order valence-corrected chi connectivity index (χ0v) is 21.7. The van der Waals surface area contributed by atoms with Crippen molar-refractivity contribution in [2.75, 3.05) is 13.7 Å². The number of carbonyl (C=O) groups excluding carboxylic acids is 1. The van der Waals surface area contributed by atoms with E-state index in [1.807, 2.05) is 18.2 Å². The zero-order chi connectivity index (χ0) is 26.1. The van der Waals surface area contributed by atoms with Crippen LogP contribution in [0.3, 0.4) is 0 Å². The number of aliphatic hydroxyl groups excluding tert-OH is 1. The van der Waals surface area contributed by atoms with Gasteiger partial charge in [0.2, 0.25) is 0 Å². The van der Waals surface area contributed by atoms with Crippen LogP contribution in [0.2, 0.25) is 0 Å². The minimum absolute atomic E-state index is 0.0648. The van der Waals surface area contributed by atoms with Crippen LogP contribution in [0.5, 0.6) is 17.2 Å². The second kappa shape index (κ2) is 13.0. The average Bonchev–Trinajstić information content (AvgIpc) is 2.84. The Hall–Kier alpha value is -3.45. The number of carbonyl (C=O) groups is 1. The Morgan fingerprint density at radius 3 is 2.39 bits per heavy atom. The Morgan fingerprint density at radius 2 is 1.72 bits per heavy atom. The molecular formula is C29H32FNO4S. The molecule has 0 aliphatic heterocycles. The monoisotopic (exact) mass is 509 g/mol. The summed E-state index contributed by atoms with van der Waals surface area (Å²) in [6.45, 7) is 8.23. The molecule has 0 fully saturated rings. The maximum Gasteiger partial charge on any atom is 0.251 e. The minimum atomic E-state index is -0.278. The number of aliphatic hydroxyl groups is 1. The number of methoxy groups -OCH3 is 1. The normalized spacial score (nSPS) is 10.8. The van der Waals surface area contributed by atoms with Crippen molar-refractivity contribution in [2.45, 2.75) is 37.7 Å². The van der Waals surface area contributed by atoms with Gasteiger partial charge in [0.15, 0.2) is 11.5 Å². The second-order valence-corrected chi connectivity index (χ2v) is 10.2. The first kappa shape index (κ1) is 27.1. The SMILES string of the molecule is C=C(O)Cc1ccc(OC)c(Oc2ccc(C(=O)NCCc3ccc(F)cc3)cc2CSC(C)C)c1. The molecule has 2 N–H and O–H groups in total. The number of rotatable bonds is 12. The van der Waals surface area contributed by atoms with E-state index in [0.717, 1.165) is 16.7 Å². The van der Waals surface area contributed by atoms with E-state index in [4.69, 9.17) is 9.47 Å². The fraction of sp³-hybridized carbons (Fsp3) is 0.276. The highest BCUT2D eigenvalue weighted by Crippen LogP contribution is 2.36. The first-order valence-corrected chi connectivity index (χ1v) is 12.8. The molecular weight excluding hydrogens is 477 g/mol. The van der Waals surface area contributed by atoms with E-state index < -0.39 is 0 Å². The standard InChI is InChI=1S/C29H32FNO4S/c1-19(2)36-18-24-17-23(29(33)31-14-13-21-5-9-25(30)10-6-21)8-12-26(24)35-28-16-22(15-20(3)32)7-11-27(28)34-4/h5-12,16-17,19,32H,3,13-15,18H2,1-2,4H3,(H,31,33). The van der Waals surface area contributed by atoms with Gasteiger partial charge in [-0.1, -0.05) is 38.6 Å². The van der Waals surface area contributed by atoms with Crippen LogP contribution in [0.15, 0.2) is 73.0 Å². The molecule has 0 heterocycles. The highest BCUT2D eigenvalue weighted by molar-refractivity contribution is 7.99. The number of allylic oxidation sites excluding steroid dienone is 1. The van der Waals surface area contributed by atoms with Gasteiger partial charge in [0.1, 0.15) is 11.6 Å². The number of amides is 1. The summed E-state index contributed by atoms with van der Waals surface area (Å²) < 4.78 is 24.8. The summed E-state index contributed by atoms with van der Waals surface area (Å²) in [5, 5.41) is 12.9. The maximum absolute atomic E-state index is 13.1. The van der Waals surface area contributed by atoms with Gasteiger partial charge in [0.05, 0.1) is 12.9 Å². The molecule has 0 bridgehead atoms. The molecule has 5 nitrogen and oxygen atoms in total. The molecule has 1 amide bonds. The van der Waals surface area contributed by atoms with Gasteiger partial charge in [-0.15, -0.1) is 0 Å². The van der Waals surface area contributed by atoms with Crippen LogP contribution in [-0.4, -0.2) is 29.9 Å². The molecule has 190 valence electrons. The van der Waals surface area contributed by atoms with Crippen molar-refractivity contribution in [1.82, 2.24) is 5.32 Å². The quantitative estimate of drug-likeness (QED) is 0.261. The summed E-state index contributed by atoms with van der Waals surface area (Å²) in [6, 6.07) is 17.1. The van der Waals surface area contributed by atoms with Gasteiger partial charge < -0.3 is 19.9 Å². The van der Waals surface area contributed by atoms with Crippen LogP contribution >= 0.6 is 11.8 Å². The summed E-state index contributed by atoms with van der Waals surface area (Å²) in [5.74, 6) is 1.98. The zero-order valence-electron chi connectivity index (χ0n) is 20.8. The molecule has 0 radical (unpaired) electrons. The Morgan fingerprint density at radius 1 is 1.03 bits per heavy atom. The predicted molar refractivity (Wildman–Crippen MR) is 144 cm³/mol. The van der Waals surface area contributed by atoms with Crippen molar-refractivity contribution < 1.29 is 23.8 Å². The van der Waals surface area contributed by atoms with Crippen molar-refractivity contribution in [3.05, 3.63) is 101 Å². The lowest BCUT2D eigenvalue weighted by atomic mass is 10.1. The molecule has 3 aromatic carbocycles. The Bertz CT molecular complexity index is 1190.